The van der Waals surface area contributed by atoms with E-state index in [1.807, 2.05) is 4.31 Å². The lowest BCUT2D eigenvalue weighted by molar-refractivity contribution is 0.287. The van der Waals surface area contributed by atoms with Gasteiger partial charge in [-0.2, -0.15) is 4.31 Å². The number of nitrogens with one attached hydrogen (secondary N) is 1. The van der Waals surface area contributed by atoms with Crippen molar-refractivity contribution >= 4 is 10.0 Å². The fraction of sp³-hybridized carbons (Fsp3) is 1.00. The molecule has 0 aromatic heterocycles. The lowest BCUT2D eigenvalue weighted by Crippen LogP contribution is -2.45. The molecule has 0 radical (unpaired) electrons. The Morgan fingerprint density at radius 3 is 2.40 bits per heavy atom. The minimum atomic E-state index is -3.11. The van der Waals surface area contributed by atoms with Gasteiger partial charge in [0.05, 0.1) is 5.75 Å². The third-order valence-corrected chi connectivity index (χ3v) is 6.53. The van der Waals surface area contributed by atoms with Crippen molar-refractivity contribution in [1.29, 1.82) is 0 Å². The molecule has 118 valence electrons. The van der Waals surface area contributed by atoms with Crippen molar-refractivity contribution in [3.8, 4) is 0 Å². The van der Waals surface area contributed by atoms with Crippen LogP contribution in [0.1, 0.15) is 52.4 Å². The van der Waals surface area contributed by atoms with E-state index in [0.717, 1.165) is 38.8 Å². The lowest BCUT2D eigenvalue weighted by Gasteiger charge is -2.32. The quantitative estimate of drug-likeness (QED) is 0.818. The van der Waals surface area contributed by atoms with Gasteiger partial charge in [0.25, 0.3) is 0 Å². The largest absolute Gasteiger partial charge is 0.316 e. The first-order valence-corrected chi connectivity index (χ1v) is 9.80. The number of piperidine rings is 1. The summed E-state index contributed by atoms with van der Waals surface area (Å²) in [6.07, 6.45) is 6.61. The molecule has 1 saturated carbocycles. The number of hydrogen-bond donors (Lipinski definition) is 1. The summed E-state index contributed by atoms with van der Waals surface area (Å²) in [5, 5.41) is 3.32. The van der Waals surface area contributed by atoms with E-state index >= 15 is 0 Å². The second kappa shape index (κ2) is 7.23. The summed E-state index contributed by atoms with van der Waals surface area (Å²) >= 11 is 0. The number of hydrogen-bond acceptors (Lipinski definition) is 3. The minimum absolute atomic E-state index is 0.263. The molecule has 0 aromatic carbocycles. The summed E-state index contributed by atoms with van der Waals surface area (Å²) in [6.45, 7) is 6.81. The normalized spacial score (nSPS) is 25.7. The van der Waals surface area contributed by atoms with Crippen LogP contribution in [-0.4, -0.2) is 44.2 Å². The summed E-state index contributed by atoms with van der Waals surface area (Å²) in [5.74, 6) is 1.03. The Kier molecular flexibility index (Phi) is 5.87. The smallest absolute Gasteiger partial charge is 0.214 e. The maximum Gasteiger partial charge on any atom is 0.214 e. The first-order chi connectivity index (χ1) is 9.49. The van der Waals surface area contributed by atoms with E-state index in [-0.39, 0.29) is 6.04 Å². The molecule has 1 heterocycles. The molecule has 1 N–H and O–H groups in total. The van der Waals surface area contributed by atoms with Crippen molar-refractivity contribution in [3.63, 3.8) is 0 Å². The molecule has 2 fully saturated rings. The van der Waals surface area contributed by atoms with Gasteiger partial charge in [-0.25, -0.2) is 8.42 Å². The van der Waals surface area contributed by atoms with Crippen molar-refractivity contribution in [3.05, 3.63) is 0 Å². The fourth-order valence-corrected chi connectivity index (χ4v) is 5.76. The van der Waals surface area contributed by atoms with Crippen LogP contribution in [0.3, 0.4) is 0 Å². The summed E-state index contributed by atoms with van der Waals surface area (Å²) in [4.78, 5) is 0. The molecule has 2 aliphatic rings. The Bertz CT molecular complexity index is 383. The van der Waals surface area contributed by atoms with Gasteiger partial charge in [-0.05, 0) is 50.6 Å². The van der Waals surface area contributed by atoms with Gasteiger partial charge in [-0.15, -0.1) is 0 Å². The van der Waals surface area contributed by atoms with E-state index in [1.54, 1.807) is 0 Å². The van der Waals surface area contributed by atoms with Gasteiger partial charge in [0, 0.05) is 12.6 Å². The lowest BCUT2D eigenvalue weighted by atomic mass is 10.0. The zero-order chi connectivity index (χ0) is 14.6. The highest BCUT2D eigenvalue weighted by Gasteiger charge is 2.34. The topological polar surface area (TPSA) is 49.4 Å². The molecule has 20 heavy (non-hydrogen) atoms. The fourth-order valence-electron chi connectivity index (χ4n) is 3.50. The monoisotopic (exact) mass is 302 g/mol. The molecular formula is C15H30N2O2S. The van der Waals surface area contributed by atoms with Gasteiger partial charge < -0.3 is 5.32 Å². The molecule has 0 bridgehead atoms. The second-order valence-corrected chi connectivity index (χ2v) is 8.86. The van der Waals surface area contributed by atoms with Gasteiger partial charge in [-0.1, -0.05) is 26.7 Å². The molecule has 2 rings (SSSR count). The highest BCUT2D eigenvalue weighted by molar-refractivity contribution is 7.89. The standard InChI is InChI=1S/C15H30N2O2S/c1-13(2)11-17(15-7-3-4-8-15)20(18,19)12-14-6-5-9-16-10-14/h13-16H,3-12H2,1-2H3. The third-order valence-electron chi connectivity index (χ3n) is 4.48. The Hall–Kier alpha value is -0.130. The Morgan fingerprint density at radius 1 is 1.15 bits per heavy atom. The molecule has 1 unspecified atom stereocenters. The Balaban J connectivity index is 2.04. The van der Waals surface area contributed by atoms with E-state index in [9.17, 15) is 8.42 Å². The second-order valence-electron chi connectivity index (χ2n) is 6.89. The van der Waals surface area contributed by atoms with Gasteiger partial charge in [0.15, 0.2) is 0 Å². The molecule has 1 saturated heterocycles. The van der Waals surface area contributed by atoms with E-state index < -0.39 is 10.0 Å². The van der Waals surface area contributed by atoms with Crippen LogP contribution in [0.15, 0.2) is 0 Å². The van der Waals surface area contributed by atoms with Crippen molar-refractivity contribution in [2.24, 2.45) is 11.8 Å². The molecule has 1 atom stereocenters. The highest BCUT2D eigenvalue weighted by Crippen LogP contribution is 2.28. The van der Waals surface area contributed by atoms with Crippen LogP contribution in [0.2, 0.25) is 0 Å². The average molecular weight is 302 g/mol. The van der Waals surface area contributed by atoms with E-state index in [1.165, 1.54) is 12.8 Å². The van der Waals surface area contributed by atoms with Crippen LogP contribution in [0.5, 0.6) is 0 Å². The molecule has 1 aliphatic carbocycles. The summed E-state index contributed by atoms with van der Waals surface area (Å²) in [7, 11) is -3.11. The van der Waals surface area contributed by atoms with Crippen molar-refractivity contribution in [1.82, 2.24) is 9.62 Å². The SMILES string of the molecule is CC(C)CN(C1CCCC1)S(=O)(=O)CC1CCCNC1. The molecule has 1 aliphatic heterocycles. The van der Waals surface area contributed by atoms with Gasteiger partial charge in [0.1, 0.15) is 0 Å². The molecule has 0 amide bonds. The molecule has 0 aromatic rings. The summed E-state index contributed by atoms with van der Waals surface area (Å²) < 4.78 is 27.5. The van der Waals surface area contributed by atoms with E-state index in [2.05, 4.69) is 19.2 Å². The maximum atomic E-state index is 12.8. The zero-order valence-corrected chi connectivity index (χ0v) is 13.8. The van der Waals surface area contributed by atoms with Crippen LogP contribution in [0.25, 0.3) is 0 Å². The predicted octanol–water partition coefficient (Wildman–Crippen LogP) is 2.22. The Labute approximate surface area is 124 Å². The first-order valence-electron chi connectivity index (χ1n) is 8.19. The predicted molar refractivity (Wildman–Crippen MR) is 83.2 cm³/mol. The van der Waals surface area contributed by atoms with Gasteiger partial charge >= 0.3 is 0 Å². The molecule has 5 heteroatoms. The Morgan fingerprint density at radius 2 is 1.85 bits per heavy atom. The van der Waals surface area contributed by atoms with Crippen molar-refractivity contribution in [2.45, 2.75) is 58.4 Å². The third kappa shape index (κ3) is 4.43. The van der Waals surface area contributed by atoms with Crippen LogP contribution in [0, 0.1) is 11.8 Å². The van der Waals surface area contributed by atoms with Crippen LogP contribution >= 0.6 is 0 Å². The number of nitrogens with zero attached hydrogens (tertiary/aromatic N) is 1. The first kappa shape index (κ1) is 16.2. The van der Waals surface area contributed by atoms with E-state index in [0.29, 0.717) is 24.1 Å². The van der Waals surface area contributed by atoms with Crippen LogP contribution in [-0.2, 0) is 10.0 Å². The van der Waals surface area contributed by atoms with Gasteiger partial charge in [0.2, 0.25) is 10.0 Å². The van der Waals surface area contributed by atoms with Crippen LogP contribution in [0.4, 0.5) is 0 Å². The van der Waals surface area contributed by atoms with Crippen LogP contribution < -0.4 is 5.32 Å². The molecule has 4 nitrogen and oxygen atoms in total. The van der Waals surface area contributed by atoms with Crippen molar-refractivity contribution < 1.29 is 8.42 Å². The summed E-state index contributed by atoms with van der Waals surface area (Å²) in [6, 6.07) is 0.263. The van der Waals surface area contributed by atoms with Crippen molar-refractivity contribution in [2.75, 3.05) is 25.4 Å². The molecule has 0 spiro atoms. The zero-order valence-electron chi connectivity index (χ0n) is 13.0. The number of sulfonamides is 1. The maximum absolute atomic E-state index is 12.8. The van der Waals surface area contributed by atoms with E-state index in [4.69, 9.17) is 0 Å². The average Bonchev–Trinajstić information content (AvgIpc) is 2.89. The summed E-state index contributed by atoms with van der Waals surface area (Å²) in [5.41, 5.74) is 0. The highest BCUT2D eigenvalue weighted by atomic mass is 32.2. The van der Waals surface area contributed by atoms with Gasteiger partial charge in [-0.3, -0.25) is 0 Å². The number of rotatable bonds is 6. The molecular weight excluding hydrogens is 272 g/mol. The minimum Gasteiger partial charge on any atom is -0.316 e.